The average Bonchev–Trinajstić information content (AvgIpc) is 2.79. The van der Waals surface area contributed by atoms with E-state index in [4.69, 9.17) is 5.73 Å². The number of carbonyl (C=O) groups excluding carboxylic acids is 3. The van der Waals surface area contributed by atoms with Crippen LogP contribution in [0.4, 0.5) is 11.4 Å². The molecule has 4 rings (SSSR count). The molecular formula is C26H22BrN3O3. The summed E-state index contributed by atoms with van der Waals surface area (Å²) in [5, 5.41) is 0. The maximum absolute atomic E-state index is 13.6. The highest BCUT2D eigenvalue weighted by Crippen LogP contribution is 2.45. The molecule has 1 saturated carbocycles. The highest BCUT2D eigenvalue weighted by molar-refractivity contribution is 9.10. The van der Waals surface area contributed by atoms with Gasteiger partial charge in [-0.25, -0.2) is 0 Å². The van der Waals surface area contributed by atoms with Gasteiger partial charge in [0.1, 0.15) is 5.41 Å². The Labute approximate surface area is 200 Å². The monoisotopic (exact) mass is 503 g/mol. The Morgan fingerprint density at radius 1 is 0.939 bits per heavy atom. The van der Waals surface area contributed by atoms with E-state index in [1.54, 1.807) is 48.7 Å². The maximum atomic E-state index is 13.6. The van der Waals surface area contributed by atoms with Gasteiger partial charge in [-0.2, -0.15) is 0 Å². The zero-order valence-electron chi connectivity index (χ0n) is 17.8. The second-order valence-corrected chi connectivity index (χ2v) is 8.83. The van der Waals surface area contributed by atoms with Gasteiger partial charge < -0.3 is 5.73 Å². The van der Waals surface area contributed by atoms with Gasteiger partial charge in [0.15, 0.2) is 5.78 Å². The summed E-state index contributed by atoms with van der Waals surface area (Å²) < 4.78 is 0.868. The molecule has 1 heterocycles. The van der Waals surface area contributed by atoms with Gasteiger partial charge in [-0.1, -0.05) is 28.4 Å². The lowest BCUT2D eigenvalue weighted by Gasteiger charge is -2.41. The Balaban J connectivity index is 1.64. The molecule has 0 radical (unpaired) electrons. The third-order valence-corrected chi connectivity index (χ3v) is 6.41. The number of hydrogen-bond donors (Lipinski definition) is 1. The Morgan fingerprint density at radius 3 is 2.09 bits per heavy atom. The lowest BCUT2D eigenvalue weighted by atomic mass is 9.67. The Kier molecular flexibility index (Phi) is 6.51. The number of nitrogens with zero attached hydrogens (tertiary/aromatic N) is 2. The fraction of sp³-hybridized carbons (Fsp3) is 0.154. The molecule has 0 atom stereocenters. The van der Waals surface area contributed by atoms with Gasteiger partial charge in [0.05, 0.1) is 5.69 Å². The third-order valence-electron chi connectivity index (χ3n) is 5.88. The largest absolute Gasteiger partial charge is 0.369 e. The van der Waals surface area contributed by atoms with E-state index in [1.807, 2.05) is 30.3 Å². The average molecular weight is 504 g/mol. The number of halogens is 1. The molecule has 0 unspecified atom stereocenters. The molecule has 1 aliphatic carbocycles. The second-order valence-electron chi connectivity index (χ2n) is 7.92. The van der Waals surface area contributed by atoms with Crippen molar-refractivity contribution >= 4 is 51.0 Å². The Morgan fingerprint density at radius 2 is 1.58 bits per heavy atom. The van der Waals surface area contributed by atoms with Crippen molar-refractivity contribution in [2.24, 2.45) is 11.1 Å². The molecule has 0 saturated heterocycles. The molecule has 2 aromatic carbocycles. The Bertz CT molecular complexity index is 1200. The number of rotatable bonds is 7. The van der Waals surface area contributed by atoms with Gasteiger partial charge in [-0.3, -0.25) is 24.3 Å². The van der Waals surface area contributed by atoms with Gasteiger partial charge in [-0.15, -0.1) is 0 Å². The summed E-state index contributed by atoms with van der Waals surface area (Å²) >= 11 is 3.41. The van der Waals surface area contributed by atoms with Crippen molar-refractivity contribution in [1.82, 2.24) is 4.98 Å². The summed E-state index contributed by atoms with van der Waals surface area (Å²) in [5.74, 6) is -1.13. The first-order chi connectivity index (χ1) is 15.9. The van der Waals surface area contributed by atoms with Crippen LogP contribution in [0.25, 0.3) is 6.08 Å². The van der Waals surface area contributed by atoms with E-state index in [9.17, 15) is 14.4 Å². The molecule has 1 aliphatic rings. The summed E-state index contributed by atoms with van der Waals surface area (Å²) in [5.41, 5.74) is 6.78. The summed E-state index contributed by atoms with van der Waals surface area (Å²) in [6.07, 6.45) is 6.42. The first kappa shape index (κ1) is 22.6. The summed E-state index contributed by atoms with van der Waals surface area (Å²) in [4.78, 5) is 44.0. The molecule has 3 aromatic rings. The minimum absolute atomic E-state index is 0.179. The zero-order valence-corrected chi connectivity index (χ0v) is 19.4. The molecule has 1 fully saturated rings. The molecule has 0 spiro atoms. The number of anilines is 2. The van der Waals surface area contributed by atoms with E-state index in [0.717, 1.165) is 10.9 Å². The van der Waals surface area contributed by atoms with E-state index >= 15 is 0 Å². The molecule has 0 aliphatic heterocycles. The number of nitrogens with two attached hydrogens (primary N) is 1. The molecule has 166 valence electrons. The van der Waals surface area contributed by atoms with E-state index in [2.05, 4.69) is 20.9 Å². The van der Waals surface area contributed by atoms with Gasteiger partial charge in [-0.05, 0) is 85.7 Å². The summed E-state index contributed by atoms with van der Waals surface area (Å²) in [7, 11) is 0. The number of pyridine rings is 1. The van der Waals surface area contributed by atoms with Gasteiger partial charge in [0.25, 0.3) is 0 Å². The van der Waals surface area contributed by atoms with E-state index in [1.165, 1.54) is 11.0 Å². The number of aromatic nitrogens is 1. The van der Waals surface area contributed by atoms with Crippen LogP contribution in [0.3, 0.4) is 0 Å². The van der Waals surface area contributed by atoms with Crippen LogP contribution in [-0.2, 0) is 9.59 Å². The molecule has 33 heavy (non-hydrogen) atoms. The SMILES string of the molecule is NC(=O)C1(C(=O)N(c2ccc(Br)cc2)c2ccc(C(=O)/C=C/c3ccccn3)cc2)CCC1. The van der Waals surface area contributed by atoms with Crippen molar-refractivity contribution in [3.63, 3.8) is 0 Å². The number of amides is 2. The van der Waals surface area contributed by atoms with Crippen LogP contribution >= 0.6 is 15.9 Å². The molecule has 6 nitrogen and oxygen atoms in total. The van der Waals surface area contributed by atoms with Crippen LogP contribution in [0.1, 0.15) is 35.3 Å². The van der Waals surface area contributed by atoms with Crippen molar-refractivity contribution in [2.45, 2.75) is 19.3 Å². The molecule has 7 heteroatoms. The van der Waals surface area contributed by atoms with Crippen molar-refractivity contribution in [1.29, 1.82) is 0 Å². The lowest BCUT2D eigenvalue weighted by molar-refractivity contribution is -0.145. The number of hydrogen-bond acceptors (Lipinski definition) is 4. The predicted molar refractivity (Wildman–Crippen MR) is 131 cm³/mol. The number of ketones is 1. The first-order valence-electron chi connectivity index (χ1n) is 10.5. The smallest absolute Gasteiger partial charge is 0.247 e. The number of allylic oxidation sites excluding steroid dienone is 1. The van der Waals surface area contributed by atoms with Crippen molar-refractivity contribution in [3.8, 4) is 0 Å². The lowest BCUT2D eigenvalue weighted by Crippen LogP contribution is -2.54. The quantitative estimate of drug-likeness (QED) is 0.277. The van der Waals surface area contributed by atoms with Crippen molar-refractivity contribution < 1.29 is 14.4 Å². The van der Waals surface area contributed by atoms with Crippen LogP contribution < -0.4 is 10.6 Å². The van der Waals surface area contributed by atoms with Crippen LogP contribution in [-0.4, -0.2) is 22.6 Å². The van der Waals surface area contributed by atoms with E-state index < -0.39 is 11.3 Å². The highest BCUT2D eigenvalue weighted by Gasteiger charge is 2.52. The normalized spacial score (nSPS) is 14.5. The fourth-order valence-electron chi connectivity index (χ4n) is 3.79. The zero-order chi connectivity index (χ0) is 23.4. The first-order valence-corrected chi connectivity index (χ1v) is 11.3. The van der Waals surface area contributed by atoms with Crippen molar-refractivity contribution in [3.05, 3.63) is 94.7 Å². The minimum Gasteiger partial charge on any atom is -0.369 e. The number of carbonyl (C=O) groups is 3. The maximum Gasteiger partial charge on any atom is 0.247 e. The topological polar surface area (TPSA) is 93.4 Å². The third kappa shape index (κ3) is 4.64. The van der Waals surface area contributed by atoms with Crippen LogP contribution in [0.5, 0.6) is 0 Å². The number of primary amides is 1. The van der Waals surface area contributed by atoms with Crippen LogP contribution in [0, 0.1) is 5.41 Å². The molecule has 0 bridgehead atoms. The standard InChI is InChI=1S/C26H22BrN3O3/c27-19-7-12-22(13-8-19)30(25(33)26(24(28)32)15-3-16-26)21-10-5-18(6-11-21)23(31)14-9-20-4-1-2-17-29-20/h1-2,4-14,17H,3,15-16H2,(H2,28,32)/b14-9+. The molecule has 2 amide bonds. The van der Waals surface area contributed by atoms with E-state index in [-0.39, 0.29) is 11.7 Å². The molecule has 1 aromatic heterocycles. The Hall–Kier alpha value is -3.58. The fourth-order valence-corrected chi connectivity index (χ4v) is 4.05. The minimum atomic E-state index is -1.20. The number of benzene rings is 2. The molecule has 2 N–H and O–H groups in total. The highest BCUT2D eigenvalue weighted by atomic mass is 79.9. The van der Waals surface area contributed by atoms with Gasteiger partial charge in [0.2, 0.25) is 11.8 Å². The summed E-state index contributed by atoms with van der Waals surface area (Å²) in [6, 6.07) is 19.4. The second kappa shape index (κ2) is 9.50. The van der Waals surface area contributed by atoms with E-state index in [0.29, 0.717) is 35.5 Å². The molecular weight excluding hydrogens is 482 g/mol. The van der Waals surface area contributed by atoms with Crippen LogP contribution in [0.2, 0.25) is 0 Å². The predicted octanol–water partition coefficient (Wildman–Crippen LogP) is 5.06. The summed E-state index contributed by atoms with van der Waals surface area (Å²) in [6.45, 7) is 0. The van der Waals surface area contributed by atoms with Crippen molar-refractivity contribution in [2.75, 3.05) is 4.90 Å². The van der Waals surface area contributed by atoms with Gasteiger partial charge >= 0.3 is 0 Å². The van der Waals surface area contributed by atoms with Crippen LogP contribution in [0.15, 0.2) is 83.5 Å². The van der Waals surface area contributed by atoms with Gasteiger partial charge in [0, 0.05) is 27.6 Å².